The average Bonchev–Trinajstić information content (AvgIpc) is 2.85. The summed E-state index contributed by atoms with van der Waals surface area (Å²) in [6.07, 6.45) is -0.816. The fourth-order valence-electron chi connectivity index (χ4n) is 2.17. The van der Waals surface area contributed by atoms with Crippen LogP contribution in [0.3, 0.4) is 0 Å². The Morgan fingerprint density at radius 1 is 1.42 bits per heavy atom. The molecule has 0 bridgehead atoms. The van der Waals surface area contributed by atoms with Crippen LogP contribution in [0.5, 0.6) is 0 Å². The highest BCUT2D eigenvalue weighted by Gasteiger charge is 2.40. The number of carboxylic acid groups (broad SMARTS) is 1. The van der Waals surface area contributed by atoms with Crippen molar-refractivity contribution in [2.24, 2.45) is 7.05 Å². The van der Waals surface area contributed by atoms with Gasteiger partial charge in [-0.3, -0.25) is 4.79 Å². The number of carbonyl (C=O) groups is 2. The molecule has 0 aromatic carbocycles. The predicted molar refractivity (Wildman–Crippen MR) is 68.5 cm³/mol. The monoisotopic (exact) mass is 306 g/mol. The molecule has 1 aromatic heterocycles. The van der Waals surface area contributed by atoms with Crippen LogP contribution in [0.15, 0.2) is 6.07 Å². The molecule has 1 amide bonds. The summed E-state index contributed by atoms with van der Waals surface area (Å²) in [6, 6.07) is 0.352. The van der Waals surface area contributed by atoms with Gasteiger partial charge < -0.3 is 19.7 Å². The third kappa shape index (κ3) is 2.43. The summed E-state index contributed by atoms with van der Waals surface area (Å²) in [5, 5.41) is 19.0. The highest BCUT2D eigenvalue weighted by Crippen LogP contribution is 2.28. The molecule has 1 aliphatic heterocycles. The lowest BCUT2D eigenvalue weighted by molar-refractivity contribution is -0.141. The number of aliphatic carboxylic acids is 1. The number of amides is 1. The van der Waals surface area contributed by atoms with E-state index < -0.39 is 24.0 Å². The van der Waals surface area contributed by atoms with Crippen molar-refractivity contribution in [2.45, 2.75) is 18.6 Å². The van der Waals surface area contributed by atoms with Crippen molar-refractivity contribution in [1.29, 1.82) is 0 Å². The fraction of sp³-hybridized carbons (Fsp3) is 0.455. The maximum Gasteiger partial charge on any atom is 0.326 e. The Labute approximate surface area is 119 Å². The van der Waals surface area contributed by atoms with Crippen LogP contribution in [0.4, 0.5) is 0 Å². The SMILES string of the molecule is Cn1c(C(=O)N2C[C@H](O)C[C@H]2C(=O)O)cc(Cl)c1Cl. The van der Waals surface area contributed by atoms with Crippen LogP contribution in [0, 0.1) is 0 Å². The van der Waals surface area contributed by atoms with E-state index in [2.05, 4.69) is 0 Å². The Morgan fingerprint density at radius 2 is 2.05 bits per heavy atom. The van der Waals surface area contributed by atoms with Gasteiger partial charge in [0.1, 0.15) is 16.9 Å². The molecular formula is C11H12Cl2N2O4. The van der Waals surface area contributed by atoms with Crippen molar-refractivity contribution >= 4 is 35.1 Å². The number of β-amino-alcohol motifs (C(OH)–C–C–N with tert-alkyl or cyclic N) is 1. The number of halogens is 2. The zero-order chi connectivity index (χ0) is 14.3. The van der Waals surface area contributed by atoms with Gasteiger partial charge in [-0.15, -0.1) is 0 Å². The first kappa shape index (κ1) is 14.2. The second-order valence-corrected chi connectivity index (χ2v) is 5.19. The molecule has 6 nitrogen and oxygen atoms in total. The van der Waals surface area contributed by atoms with E-state index in [1.807, 2.05) is 0 Å². The van der Waals surface area contributed by atoms with Gasteiger partial charge in [-0.25, -0.2) is 4.79 Å². The normalized spacial score (nSPS) is 22.8. The maximum atomic E-state index is 12.3. The largest absolute Gasteiger partial charge is 0.480 e. The number of carbonyl (C=O) groups excluding carboxylic acids is 1. The van der Waals surface area contributed by atoms with E-state index in [1.54, 1.807) is 7.05 Å². The first-order valence-electron chi connectivity index (χ1n) is 5.55. The molecule has 0 radical (unpaired) electrons. The van der Waals surface area contributed by atoms with Crippen molar-refractivity contribution in [3.8, 4) is 0 Å². The minimum atomic E-state index is -1.14. The van der Waals surface area contributed by atoms with Crippen molar-refractivity contribution < 1.29 is 19.8 Å². The zero-order valence-electron chi connectivity index (χ0n) is 10.0. The zero-order valence-corrected chi connectivity index (χ0v) is 11.5. The van der Waals surface area contributed by atoms with Crippen molar-refractivity contribution in [3.05, 3.63) is 21.9 Å². The lowest BCUT2D eigenvalue weighted by atomic mass is 10.2. The number of aliphatic hydroxyl groups is 1. The number of hydrogen-bond donors (Lipinski definition) is 2. The Bertz CT molecular complexity index is 543. The van der Waals surface area contributed by atoms with Gasteiger partial charge in [0.25, 0.3) is 5.91 Å². The van der Waals surface area contributed by atoms with E-state index in [0.717, 1.165) is 4.90 Å². The third-order valence-electron chi connectivity index (χ3n) is 3.16. The number of carboxylic acids is 1. The van der Waals surface area contributed by atoms with E-state index in [4.69, 9.17) is 28.3 Å². The molecule has 1 aromatic rings. The Morgan fingerprint density at radius 3 is 2.53 bits per heavy atom. The van der Waals surface area contributed by atoms with E-state index in [0.29, 0.717) is 0 Å². The lowest BCUT2D eigenvalue weighted by Crippen LogP contribution is -2.41. The van der Waals surface area contributed by atoms with Gasteiger partial charge in [0, 0.05) is 20.0 Å². The molecule has 0 spiro atoms. The molecule has 1 saturated heterocycles. The van der Waals surface area contributed by atoms with Gasteiger partial charge in [0.2, 0.25) is 0 Å². The number of rotatable bonds is 2. The average molecular weight is 307 g/mol. The van der Waals surface area contributed by atoms with Crippen molar-refractivity contribution in [3.63, 3.8) is 0 Å². The highest BCUT2D eigenvalue weighted by molar-refractivity contribution is 6.41. The summed E-state index contributed by atoms with van der Waals surface area (Å²) in [7, 11) is 1.56. The summed E-state index contributed by atoms with van der Waals surface area (Å²) < 4.78 is 1.38. The summed E-state index contributed by atoms with van der Waals surface area (Å²) >= 11 is 11.7. The summed E-state index contributed by atoms with van der Waals surface area (Å²) in [5.74, 6) is -1.66. The molecule has 0 unspecified atom stereocenters. The molecule has 8 heteroatoms. The van der Waals surface area contributed by atoms with Gasteiger partial charge in [0.15, 0.2) is 0 Å². The van der Waals surface area contributed by atoms with Gasteiger partial charge >= 0.3 is 5.97 Å². The molecule has 104 valence electrons. The molecule has 2 rings (SSSR count). The molecule has 0 aliphatic carbocycles. The van der Waals surface area contributed by atoms with Gasteiger partial charge in [0.05, 0.1) is 11.1 Å². The van der Waals surface area contributed by atoms with Crippen LogP contribution >= 0.6 is 23.2 Å². The smallest absolute Gasteiger partial charge is 0.326 e. The molecule has 2 N–H and O–H groups in total. The van der Waals surface area contributed by atoms with Gasteiger partial charge in [-0.2, -0.15) is 0 Å². The van der Waals surface area contributed by atoms with Crippen LogP contribution in [0.25, 0.3) is 0 Å². The Kier molecular flexibility index (Phi) is 3.75. The van der Waals surface area contributed by atoms with Gasteiger partial charge in [-0.05, 0) is 6.07 Å². The molecule has 2 atom stereocenters. The molecule has 0 saturated carbocycles. The van der Waals surface area contributed by atoms with E-state index in [9.17, 15) is 14.7 Å². The Hall–Kier alpha value is -1.24. The maximum absolute atomic E-state index is 12.3. The van der Waals surface area contributed by atoms with Crippen LogP contribution in [0.1, 0.15) is 16.9 Å². The number of likely N-dealkylation sites (tertiary alicyclic amines) is 1. The summed E-state index contributed by atoms with van der Waals surface area (Å²) in [4.78, 5) is 24.5. The number of aliphatic hydroxyl groups excluding tert-OH is 1. The first-order valence-corrected chi connectivity index (χ1v) is 6.31. The van der Waals surface area contributed by atoms with Crippen LogP contribution in [0.2, 0.25) is 10.2 Å². The summed E-state index contributed by atoms with van der Waals surface area (Å²) in [6.45, 7) is -0.0176. The van der Waals surface area contributed by atoms with E-state index >= 15 is 0 Å². The molecule has 1 aliphatic rings. The van der Waals surface area contributed by atoms with Gasteiger partial charge in [-0.1, -0.05) is 23.2 Å². The first-order chi connectivity index (χ1) is 8.82. The molecular weight excluding hydrogens is 295 g/mol. The Balaban J connectivity index is 2.33. The summed E-state index contributed by atoms with van der Waals surface area (Å²) in [5.41, 5.74) is 0.190. The minimum Gasteiger partial charge on any atom is -0.480 e. The van der Waals surface area contributed by atoms with Crippen LogP contribution in [-0.4, -0.2) is 50.2 Å². The van der Waals surface area contributed by atoms with Crippen molar-refractivity contribution in [2.75, 3.05) is 6.54 Å². The second kappa shape index (κ2) is 5.03. The minimum absolute atomic E-state index is 0.0176. The number of hydrogen-bond acceptors (Lipinski definition) is 3. The third-order valence-corrected chi connectivity index (χ3v) is 4.00. The predicted octanol–water partition coefficient (Wildman–Crippen LogP) is 0.992. The highest BCUT2D eigenvalue weighted by atomic mass is 35.5. The van der Waals surface area contributed by atoms with Crippen molar-refractivity contribution in [1.82, 2.24) is 9.47 Å². The van der Waals surface area contributed by atoms with E-state index in [1.165, 1.54) is 10.6 Å². The standard InChI is InChI=1S/C11H12Cl2N2O4/c1-14-7(3-6(12)9(14)13)10(17)15-4-5(16)2-8(15)11(18)19/h3,5,8,16H,2,4H2,1H3,(H,18,19)/t5-,8+/m1/s1. The number of aromatic nitrogens is 1. The van der Waals surface area contributed by atoms with Crippen LogP contribution in [-0.2, 0) is 11.8 Å². The van der Waals surface area contributed by atoms with E-state index in [-0.39, 0.29) is 28.8 Å². The second-order valence-electron chi connectivity index (χ2n) is 4.43. The molecule has 19 heavy (non-hydrogen) atoms. The number of nitrogens with zero attached hydrogens (tertiary/aromatic N) is 2. The topological polar surface area (TPSA) is 82.8 Å². The quantitative estimate of drug-likeness (QED) is 0.853. The lowest BCUT2D eigenvalue weighted by Gasteiger charge is -2.21. The fourth-order valence-corrected chi connectivity index (χ4v) is 2.54. The molecule has 1 fully saturated rings. The van der Waals surface area contributed by atoms with Crippen LogP contribution < -0.4 is 0 Å². The molecule has 2 heterocycles.